The number of carbonyl (C=O) groups is 2. The van der Waals surface area contributed by atoms with Gasteiger partial charge in [0.15, 0.2) is 22.9 Å². The highest BCUT2D eigenvalue weighted by atomic mass is 16.3. The number of carbonyl (C=O) groups excluding carboxylic acids is 2. The van der Waals surface area contributed by atoms with E-state index in [1.807, 2.05) is 20.8 Å². The van der Waals surface area contributed by atoms with Crippen LogP contribution in [0.15, 0.2) is 16.8 Å². The first-order valence-electron chi connectivity index (χ1n) is 9.27. The molecular weight excluding hydrogens is 346 g/mol. The van der Waals surface area contributed by atoms with E-state index in [4.69, 9.17) is 4.42 Å². The van der Waals surface area contributed by atoms with Gasteiger partial charge in [-0.15, -0.1) is 0 Å². The van der Waals surface area contributed by atoms with Crippen LogP contribution in [0.25, 0.3) is 11.1 Å². The molecule has 0 unspecified atom stereocenters. The summed E-state index contributed by atoms with van der Waals surface area (Å²) in [6, 6.07) is 1.66. The number of Topliss-reactive ketones (excluding diaryl/α,β-unsaturated/α-hetero) is 1. The molecule has 8 heteroatoms. The Morgan fingerprint density at radius 2 is 1.89 bits per heavy atom. The van der Waals surface area contributed by atoms with Crippen LogP contribution in [0.5, 0.6) is 0 Å². The third kappa shape index (κ3) is 4.44. The molecule has 0 spiro atoms. The number of fused-ring (bicyclic) bond motifs is 1. The lowest BCUT2D eigenvalue weighted by molar-refractivity contribution is -0.128. The van der Waals surface area contributed by atoms with Crippen molar-refractivity contribution in [1.82, 2.24) is 20.2 Å². The third-order valence-corrected chi connectivity index (χ3v) is 4.71. The van der Waals surface area contributed by atoms with E-state index in [0.717, 1.165) is 38.5 Å². The fourth-order valence-electron chi connectivity index (χ4n) is 3.02. The van der Waals surface area contributed by atoms with Crippen molar-refractivity contribution in [2.45, 2.75) is 27.7 Å². The van der Waals surface area contributed by atoms with Gasteiger partial charge in [0, 0.05) is 57.7 Å². The summed E-state index contributed by atoms with van der Waals surface area (Å²) in [5.74, 6) is 0.984. The summed E-state index contributed by atoms with van der Waals surface area (Å²) in [4.78, 5) is 36.5. The molecule has 27 heavy (non-hydrogen) atoms. The third-order valence-electron chi connectivity index (χ3n) is 4.71. The zero-order chi connectivity index (χ0) is 19.6. The number of nitrogens with zero attached hydrogens (tertiary/aromatic N) is 4. The number of hydrogen-bond acceptors (Lipinski definition) is 7. The summed E-state index contributed by atoms with van der Waals surface area (Å²) < 4.78 is 5.69. The summed E-state index contributed by atoms with van der Waals surface area (Å²) in [6.45, 7) is 12.0. The Bertz CT molecular complexity index is 831. The highest BCUT2D eigenvalue weighted by molar-refractivity contribution is 5.97. The molecule has 0 aromatic carbocycles. The first-order chi connectivity index (χ1) is 12.8. The molecule has 2 aromatic heterocycles. The summed E-state index contributed by atoms with van der Waals surface area (Å²) in [5, 5.41) is 2.99. The summed E-state index contributed by atoms with van der Waals surface area (Å²) in [5.41, 5.74) is 0.852. The predicted molar refractivity (Wildman–Crippen MR) is 103 cm³/mol. The van der Waals surface area contributed by atoms with E-state index in [9.17, 15) is 9.59 Å². The van der Waals surface area contributed by atoms with Gasteiger partial charge in [0.05, 0.1) is 0 Å². The summed E-state index contributed by atoms with van der Waals surface area (Å²) in [6.07, 6.45) is 1.51. The molecule has 1 aliphatic heterocycles. The topological polar surface area (TPSA) is 91.6 Å². The number of anilines is 1. The minimum absolute atomic E-state index is 0.0728. The lowest BCUT2D eigenvalue weighted by Crippen LogP contribution is -2.49. The standard InChI is InChI=1S/C19H27N5O3/c1-13(25)15-11-14-16(27-15)17(22-12-21-14)24-9-7-23(8-10-24)6-5-20-18(26)19(2,3)4/h11-12H,5-10H2,1-4H3,(H,20,26). The minimum atomic E-state index is -0.362. The number of hydrogen-bond donors (Lipinski definition) is 1. The van der Waals surface area contributed by atoms with E-state index in [-0.39, 0.29) is 17.1 Å². The van der Waals surface area contributed by atoms with Crippen LogP contribution in [0.3, 0.4) is 0 Å². The molecule has 1 fully saturated rings. The molecule has 0 radical (unpaired) electrons. The predicted octanol–water partition coefficient (Wildman–Crippen LogP) is 1.71. The van der Waals surface area contributed by atoms with Gasteiger partial charge in [-0.25, -0.2) is 9.97 Å². The molecule has 2 aromatic rings. The smallest absolute Gasteiger partial charge is 0.225 e. The van der Waals surface area contributed by atoms with Gasteiger partial charge in [0.2, 0.25) is 5.91 Å². The van der Waals surface area contributed by atoms with Crippen LogP contribution in [-0.2, 0) is 4.79 Å². The first-order valence-corrected chi connectivity index (χ1v) is 9.27. The molecule has 3 rings (SSSR count). The van der Waals surface area contributed by atoms with E-state index in [1.165, 1.54) is 13.3 Å². The van der Waals surface area contributed by atoms with Crippen LogP contribution in [0.2, 0.25) is 0 Å². The van der Waals surface area contributed by atoms with Crippen molar-refractivity contribution >= 4 is 28.6 Å². The largest absolute Gasteiger partial charge is 0.447 e. The zero-order valence-electron chi connectivity index (χ0n) is 16.4. The van der Waals surface area contributed by atoms with Gasteiger partial charge < -0.3 is 14.6 Å². The van der Waals surface area contributed by atoms with Crippen molar-refractivity contribution in [3.8, 4) is 0 Å². The number of ketones is 1. The molecule has 1 aliphatic rings. The van der Waals surface area contributed by atoms with E-state index in [0.29, 0.717) is 23.4 Å². The number of aromatic nitrogens is 2. The first kappa shape index (κ1) is 19.3. The number of rotatable bonds is 5. The van der Waals surface area contributed by atoms with Crippen LogP contribution in [0.4, 0.5) is 5.82 Å². The van der Waals surface area contributed by atoms with Crippen molar-refractivity contribution in [3.63, 3.8) is 0 Å². The molecular formula is C19H27N5O3. The molecule has 1 saturated heterocycles. The second-order valence-corrected chi connectivity index (χ2v) is 7.91. The lowest BCUT2D eigenvalue weighted by Gasteiger charge is -2.35. The lowest BCUT2D eigenvalue weighted by atomic mass is 9.96. The average Bonchev–Trinajstić information content (AvgIpc) is 3.06. The molecule has 146 valence electrons. The minimum Gasteiger partial charge on any atom is -0.447 e. The zero-order valence-corrected chi connectivity index (χ0v) is 16.4. The van der Waals surface area contributed by atoms with Gasteiger partial charge in [0.1, 0.15) is 11.8 Å². The maximum absolute atomic E-state index is 11.9. The van der Waals surface area contributed by atoms with Gasteiger partial charge in [0.25, 0.3) is 0 Å². The quantitative estimate of drug-likeness (QED) is 0.798. The van der Waals surface area contributed by atoms with E-state index in [1.54, 1.807) is 6.07 Å². The summed E-state index contributed by atoms with van der Waals surface area (Å²) in [7, 11) is 0. The molecule has 1 N–H and O–H groups in total. The van der Waals surface area contributed by atoms with Gasteiger partial charge >= 0.3 is 0 Å². The Morgan fingerprint density at radius 1 is 1.19 bits per heavy atom. The van der Waals surface area contributed by atoms with Crippen molar-refractivity contribution < 1.29 is 14.0 Å². The van der Waals surface area contributed by atoms with E-state index in [2.05, 4.69) is 25.1 Å². The van der Waals surface area contributed by atoms with Crippen molar-refractivity contribution in [1.29, 1.82) is 0 Å². The van der Waals surface area contributed by atoms with Gasteiger partial charge in [-0.05, 0) is 0 Å². The molecule has 0 saturated carbocycles. The monoisotopic (exact) mass is 373 g/mol. The SMILES string of the molecule is CC(=O)c1cc2ncnc(N3CCN(CCNC(=O)C(C)(C)C)CC3)c2o1. The van der Waals surface area contributed by atoms with Crippen LogP contribution in [0.1, 0.15) is 38.2 Å². The van der Waals surface area contributed by atoms with Crippen molar-refractivity contribution in [3.05, 3.63) is 18.2 Å². The Labute approximate surface area is 158 Å². The normalized spacial score (nSPS) is 15.9. The molecule has 0 atom stereocenters. The highest BCUT2D eigenvalue weighted by Crippen LogP contribution is 2.27. The second-order valence-electron chi connectivity index (χ2n) is 7.91. The fraction of sp³-hybridized carbons (Fsp3) is 0.579. The van der Waals surface area contributed by atoms with E-state index >= 15 is 0 Å². The summed E-state index contributed by atoms with van der Waals surface area (Å²) >= 11 is 0. The molecule has 0 bridgehead atoms. The van der Waals surface area contributed by atoms with Crippen LogP contribution < -0.4 is 10.2 Å². The molecule has 3 heterocycles. The van der Waals surface area contributed by atoms with Gasteiger partial charge in [-0.1, -0.05) is 20.8 Å². The molecule has 1 amide bonds. The molecule has 0 aliphatic carbocycles. The average molecular weight is 373 g/mol. The maximum Gasteiger partial charge on any atom is 0.225 e. The number of piperazine rings is 1. The fourth-order valence-corrected chi connectivity index (χ4v) is 3.02. The van der Waals surface area contributed by atoms with Gasteiger partial charge in [-0.3, -0.25) is 14.5 Å². The van der Waals surface area contributed by atoms with Crippen LogP contribution in [-0.4, -0.2) is 65.8 Å². The van der Waals surface area contributed by atoms with Crippen LogP contribution in [0, 0.1) is 5.41 Å². The Balaban J connectivity index is 1.57. The number of furan rings is 1. The maximum atomic E-state index is 11.9. The Hall–Kier alpha value is -2.48. The van der Waals surface area contributed by atoms with Crippen molar-refractivity contribution in [2.24, 2.45) is 5.41 Å². The number of amides is 1. The highest BCUT2D eigenvalue weighted by Gasteiger charge is 2.24. The second kappa shape index (κ2) is 7.64. The Morgan fingerprint density at radius 3 is 2.52 bits per heavy atom. The van der Waals surface area contributed by atoms with E-state index < -0.39 is 0 Å². The van der Waals surface area contributed by atoms with Crippen molar-refractivity contribution in [2.75, 3.05) is 44.2 Å². The van der Waals surface area contributed by atoms with Crippen LogP contribution >= 0.6 is 0 Å². The molecule has 8 nitrogen and oxygen atoms in total. The Kier molecular flexibility index (Phi) is 5.46. The number of nitrogens with one attached hydrogen (secondary N) is 1. The van der Waals surface area contributed by atoms with Gasteiger partial charge in [-0.2, -0.15) is 0 Å².